The van der Waals surface area contributed by atoms with Gasteiger partial charge in [0.1, 0.15) is 5.82 Å². The SMILES string of the molecule is O=S1CCCNC(c2ccc(Br)cc2F)C1. The molecule has 1 aromatic carbocycles. The molecule has 1 fully saturated rings. The van der Waals surface area contributed by atoms with Crippen molar-refractivity contribution in [2.75, 3.05) is 18.1 Å². The van der Waals surface area contributed by atoms with Gasteiger partial charge in [-0.25, -0.2) is 4.39 Å². The van der Waals surface area contributed by atoms with E-state index in [4.69, 9.17) is 0 Å². The van der Waals surface area contributed by atoms with Gasteiger partial charge in [-0.15, -0.1) is 0 Å². The average Bonchev–Trinajstić information content (AvgIpc) is 2.43. The lowest BCUT2D eigenvalue weighted by Gasteiger charge is -2.16. The zero-order valence-corrected chi connectivity index (χ0v) is 11.1. The highest BCUT2D eigenvalue weighted by molar-refractivity contribution is 9.10. The quantitative estimate of drug-likeness (QED) is 0.863. The molecule has 1 aromatic rings. The van der Waals surface area contributed by atoms with Crippen molar-refractivity contribution in [2.24, 2.45) is 0 Å². The summed E-state index contributed by atoms with van der Waals surface area (Å²) in [6.45, 7) is 0.798. The third kappa shape index (κ3) is 2.90. The van der Waals surface area contributed by atoms with E-state index < -0.39 is 10.8 Å². The zero-order chi connectivity index (χ0) is 11.5. The summed E-state index contributed by atoms with van der Waals surface area (Å²) in [5.74, 6) is 0.964. The number of nitrogens with one attached hydrogen (secondary N) is 1. The van der Waals surface area contributed by atoms with E-state index in [2.05, 4.69) is 21.2 Å². The molecule has 1 aliphatic rings. The Hall–Kier alpha value is -0.260. The topological polar surface area (TPSA) is 29.1 Å². The second-order valence-corrected chi connectivity index (χ2v) is 6.37. The molecular weight excluding hydrogens is 293 g/mol. The molecule has 88 valence electrons. The molecule has 2 rings (SSSR count). The first-order valence-electron chi connectivity index (χ1n) is 5.20. The highest BCUT2D eigenvalue weighted by Gasteiger charge is 2.20. The first-order chi connectivity index (χ1) is 7.66. The maximum Gasteiger partial charge on any atom is 0.129 e. The molecule has 0 radical (unpaired) electrons. The van der Waals surface area contributed by atoms with Crippen LogP contribution in [0.5, 0.6) is 0 Å². The monoisotopic (exact) mass is 305 g/mol. The summed E-state index contributed by atoms with van der Waals surface area (Å²) in [5.41, 5.74) is 0.610. The molecule has 0 saturated carbocycles. The molecule has 2 nitrogen and oxygen atoms in total. The van der Waals surface area contributed by atoms with Crippen LogP contribution in [0.1, 0.15) is 18.0 Å². The van der Waals surface area contributed by atoms with Gasteiger partial charge in [-0.2, -0.15) is 0 Å². The van der Waals surface area contributed by atoms with Gasteiger partial charge in [-0.3, -0.25) is 4.21 Å². The largest absolute Gasteiger partial charge is 0.309 e. The van der Waals surface area contributed by atoms with E-state index in [1.54, 1.807) is 6.07 Å². The lowest BCUT2D eigenvalue weighted by molar-refractivity contribution is 0.537. The third-order valence-corrected chi connectivity index (χ3v) is 4.57. The molecular formula is C11H13BrFNOS. The van der Waals surface area contributed by atoms with Crippen LogP contribution >= 0.6 is 15.9 Å². The van der Waals surface area contributed by atoms with E-state index in [1.165, 1.54) is 6.07 Å². The minimum Gasteiger partial charge on any atom is -0.309 e. The molecule has 1 saturated heterocycles. The molecule has 2 unspecified atom stereocenters. The lowest BCUT2D eigenvalue weighted by atomic mass is 10.1. The molecule has 2 atom stereocenters. The fourth-order valence-corrected chi connectivity index (χ4v) is 3.46. The van der Waals surface area contributed by atoms with Crippen molar-refractivity contribution in [1.29, 1.82) is 0 Å². The van der Waals surface area contributed by atoms with Gasteiger partial charge in [0, 0.05) is 38.4 Å². The van der Waals surface area contributed by atoms with Crippen LogP contribution in [0, 0.1) is 5.82 Å². The van der Waals surface area contributed by atoms with Crippen LogP contribution in [0.25, 0.3) is 0 Å². The molecule has 0 spiro atoms. The first-order valence-corrected chi connectivity index (χ1v) is 7.48. The highest BCUT2D eigenvalue weighted by atomic mass is 79.9. The minimum absolute atomic E-state index is 0.128. The number of benzene rings is 1. The van der Waals surface area contributed by atoms with Gasteiger partial charge in [0.2, 0.25) is 0 Å². The van der Waals surface area contributed by atoms with Crippen LogP contribution in [-0.4, -0.2) is 22.3 Å². The van der Waals surface area contributed by atoms with Gasteiger partial charge in [-0.1, -0.05) is 22.0 Å². The van der Waals surface area contributed by atoms with Crippen molar-refractivity contribution in [3.8, 4) is 0 Å². The predicted molar refractivity (Wildman–Crippen MR) is 67.3 cm³/mol. The summed E-state index contributed by atoms with van der Waals surface area (Å²) < 4.78 is 26.0. The van der Waals surface area contributed by atoms with E-state index in [0.29, 0.717) is 17.1 Å². The van der Waals surface area contributed by atoms with Crippen molar-refractivity contribution in [3.63, 3.8) is 0 Å². The summed E-state index contributed by atoms with van der Waals surface area (Å²) in [5, 5.41) is 3.24. The highest BCUT2D eigenvalue weighted by Crippen LogP contribution is 2.23. The van der Waals surface area contributed by atoms with E-state index >= 15 is 0 Å². The Kier molecular flexibility index (Phi) is 4.10. The summed E-state index contributed by atoms with van der Waals surface area (Å²) >= 11 is 3.23. The molecule has 1 N–H and O–H groups in total. The summed E-state index contributed by atoms with van der Waals surface area (Å²) in [7, 11) is -0.843. The van der Waals surface area contributed by atoms with Crippen molar-refractivity contribution < 1.29 is 8.60 Å². The Labute approximate surface area is 105 Å². The number of rotatable bonds is 1. The van der Waals surface area contributed by atoms with Gasteiger partial charge in [0.25, 0.3) is 0 Å². The predicted octanol–water partition coefficient (Wildman–Crippen LogP) is 2.37. The molecule has 0 bridgehead atoms. The summed E-state index contributed by atoms with van der Waals surface area (Å²) in [4.78, 5) is 0. The summed E-state index contributed by atoms with van der Waals surface area (Å²) in [6.07, 6.45) is 0.890. The van der Waals surface area contributed by atoms with Crippen LogP contribution < -0.4 is 5.32 Å². The van der Waals surface area contributed by atoms with Crippen LogP contribution in [-0.2, 0) is 10.8 Å². The molecule has 1 aliphatic heterocycles. The third-order valence-electron chi connectivity index (χ3n) is 2.63. The van der Waals surface area contributed by atoms with Gasteiger partial charge >= 0.3 is 0 Å². The fraction of sp³-hybridized carbons (Fsp3) is 0.455. The molecule has 1 heterocycles. The van der Waals surface area contributed by atoms with Gasteiger partial charge in [0.05, 0.1) is 0 Å². The summed E-state index contributed by atoms with van der Waals surface area (Å²) in [6, 6.07) is 4.88. The van der Waals surface area contributed by atoms with E-state index in [-0.39, 0.29) is 11.9 Å². The average molecular weight is 306 g/mol. The molecule has 16 heavy (non-hydrogen) atoms. The Morgan fingerprint density at radius 1 is 1.50 bits per heavy atom. The molecule has 5 heteroatoms. The molecule has 0 aromatic heterocycles. The second-order valence-electron chi connectivity index (χ2n) is 3.84. The van der Waals surface area contributed by atoms with Gasteiger partial charge in [-0.05, 0) is 25.1 Å². The molecule has 0 amide bonds. The number of hydrogen-bond donors (Lipinski definition) is 1. The zero-order valence-electron chi connectivity index (χ0n) is 8.71. The normalized spacial score (nSPS) is 26.4. The standard InChI is InChI=1S/C11H13BrFNOS/c12-8-2-3-9(10(13)6-8)11-7-16(15)5-1-4-14-11/h2-3,6,11,14H,1,4-5,7H2. The van der Waals surface area contributed by atoms with Crippen molar-refractivity contribution in [3.05, 3.63) is 34.1 Å². The van der Waals surface area contributed by atoms with E-state index in [1.807, 2.05) is 6.07 Å². The van der Waals surface area contributed by atoms with Gasteiger partial charge in [0.15, 0.2) is 0 Å². The maximum atomic E-state index is 13.7. The van der Waals surface area contributed by atoms with Crippen LogP contribution in [0.15, 0.2) is 22.7 Å². The van der Waals surface area contributed by atoms with Crippen LogP contribution in [0.3, 0.4) is 0 Å². The van der Waals surface area contributed by atoms with Crippen molar-refractivity contribution in [2.45, 2.75) is 12.5 Å². The van der Waals surface area contributed by atoms with Crippen LogP contribution in [0.2, 0.25) is 0 Å². The molecule has 0 aliphatic carbocycles. The Morgan fingerprint density at radius 2 is 2.31 bits per heavy atom. The van der Waals surface area contributed by atoms with Crippen molar-refractivity contribution in [1.82, 2.24) is 5.32 Å². The first kappa shape index (κ1) is 12.2. The lowest BCUT2D eigenvalue weighted by Crippen LogP contribution is -2.24. The maximum absolute atomic E-state index is 13.7. The Balaban J connectivity index is 2.24. The Morgan fingerprint density at radius 3 is 3.06 bits per heavy atom. The Bertz CT molecular complexity index is 413. The van der Waals surface area contributed by atoms with Gasteiger partial charge < -0.3 is 5.32 Å². The number of hydrogen-bond acceptors (Lipinski definition) is 2. The fourth-order valence-electron chi connectivity index (χ4n) is 1.82. The minimum atomic E-state index is -0.843. The smallest absolute Gasteiger partial charge is 0.129 e. The van der Waals surface area contributed by atoms with Crippen LogP contribution in [0.4, 0.5) is 4.39 Å². The second kappa shape index (κ2) is 5.38. The number of halogens is 2. The van der Waals surface area contributed by atoms with Crippen molar-refractivity contribution >= 4 is 26.7 Å². The van der Waals surface area contributed by atoms with E-state index in [0.717, 1.165) is 17.4 Å². The van der Waals surface area contributed by atoms with E-state index in [9.17, 15) is 8.60 Å².